The van der Waals surface area contributed by atoms with E-state index in [4.69, 9.17) is 0 Å². The Labute approximate surface area is 157 Å². The van der Waals surface area contributed by atoms with Crippen LogP contribution in [0.2, 0.25) is 0 Å². The number of benzene rings is 1. The zero-order valence-electron chi connectivity index (χ0n) is 16.2. The van der Waals surface area contributed by atoms with Gasteiger partial charge in [0.05, 0.1) is 4.90 Å². The number of carbonyl (C=O) groups excluding carboxylic acids is 1. The van der Waals surface area contributed by atoms with E-state index < -0.39 is 10.0 Å². The number of nitrogens with zero attached hydrogens (tertiary/aromatic N) is 1. The Bertz CT molecular complexity index is 693. The fourth-order valence-corrected chi connectivity index (χ4v) is 5.18. The van der Waals surface area contributed by atoms with Gasteiger partial charge in [0, 0.05) is 31.2 Å². The molecule has 1 aliphatic heterocycles. The van der Waals surface area contributed by atoms with E-state index in [2.05, 4.69) is 24.5 Å². The minimum Gasteiger partial charge on any atom is -0.350 e. The molecule has 1 amide bonds. The van der Waals surface area contributed by atoms with E-state index >= 15 is 0 Å². The quantitative estimate of drug-likeness (QED) is 0.758. The number of hydrogen-bond acceptors (Lipinski definition) is 4. The van der Waals surface area contributed by atoms with Gasteiger partial charge in [-0.2, -0.15) is 4.31 Å². The molecular formula is C19H31N3O3S. The van der Waals surface area contributed by atoms with Crippen molar-refractivity contribution in [2.45, 2.75) is 45.1 Å². The summed E-state index contributed by atoms with van der Waals surface area (Å²) in [6.07, 6.45) is 1.05. The molecule has 0 saturated carbocycles. The van der Waals surface area contributed by atoms with Crippen LogP contribution >= 0.6 is 0 Å². The number of hydrogen-bond donors (Lipinski definition) is 2. The highest BCUT2D eigenvalue weighted by Crippen LogP contribution is 2.26. The van der Waals surface area contributed by atoms with Crippen molar-refractivity contribution in [3.8, 4) is 0 Å². The number of amides is 1. The summed E-state index contributed by atoms with van der Waals surface area (Å²) in [5.74, 6) is 0.522. The Hall–Kier alpha value is -1.44. The minimum atomic E-state index is -3.51. The molecule has 1 aromatic carbocycles. The monoisotopic (exact) mass is 381 g/mol. The molecule has 0 spiro atoms. The van der Waals surface area contributed by atoms with E-state index in [9.17, 15) is 13.2 Å². The topological polar surface area (TPSA) is 78.5 Å². The van der Waals surface area contributed by atoms with Crippen molar-refractivity contribution in [3.05, 3.63) is 29.8 Å². The van der Waals surface area contributed by atoms with E-state index in [1.807, 2.05) is 13.8 Å². The van der Waals surface area contributed by atoms with Crippen LogP contribution in [0.5, 0.6) is 0 Å². The second-order valence-corrected chi connectivity index (χ2v) is 9.40. The summed E-state index contributed by atoms with van der Waals surface area (Å²) in [7, 11) is -3.51. The van der Waals surface area contributed by atoms with Crippen LogP contribution in [0.4, 0.5) is 0 Å². The number of sulfonamides is 1. The molecular weight excluding hydrogens is 350 g/mol. The van der Waals surface area contributed by atoms with Gasteiger partial charge in [0.2, 0.25) is 10.0 Å². The minimum absolute atomic E-state index is 0.187. The van der Waals surface area contributed by atoms with E-state index in [0.29, 0.717) is 37.0 Å². The van der Waals surface area contributed by atoms with Crippen molar-refractivity contribution >= 4 is 15.9 Å². The molecule has 0 aromatic heterocycles. The first-order valence-corrected chi connectivity index (χ1v) is 10.8. The smallest absolute Gasteiger partial charge is 0.251 e. The maximum absolute atomic E-state index is 12.9. The summed E-state index contributed by atoms with van der Waals surface area (Å²) in [5.41, 5.74) is 0.466. The molecule has 3 atom stereocenters. The molecule has 2 N–H and O–H groups in total. The molecule has 0 radical (unpaired) electrons. The number of nitrogens with one attached hydrogen (secondary N) is 2. The van der Waals surface area contributed by atoms with Gasteiger partial charge in [-0.1, -0.05) is 20.8 Å². The molecule has 0 aliphatic carbocycles. The maximum atomic E-state index is 12.9. The predicted molar refractivity (Wildman–Crippen MR) is 104 cm³/mol. The Balaban J connectivity index is 2.05. The van der Waals surface area contributed by atoms with Crippen LogP contribution in [-0.4, -0.2) is 50.9 Å². The van der Waals surface area contributed by atoms with Crippen molar-refractivity contribution in [2.24, 2.45) is 11.8 Å². The summed E-state index contributed by atoms with van der Waals surface area (Å²) in [6, 6.07) is 6.41. The summed E-state index contributed by atoms with van der Waals surface area (Å²) < 4.78 is 27.3. The van der Waals surface area contributed by atoms with Crippen molar-refractivity contribution in [3.63, 3.8) is 0 Å². The zero-order chi connectivity index (χ0) is 19.3. The molecule has 146 valence electrons. The third kappa shape index (κ3) is 5.28. The summed E-state index contributed by atoms with van der Waals surface area (Å²) in [6.45, 7) is 10.7. The van der Waals surface area contributed by atoms with Gasteiger partial charge in [0.1, 0.15) is 0 Å². The molecule has 1 aliphatic rings. The average molecular weight is 382 g/mol. The fourth-order valence-electron chi connectivity index (χ4n) is 3.50. The molecule has 1 saturated heterocycles. The van der Waals surface area contributed by atoms with Crippen LogP contribution in [0.1, 0.15) is 44.5 Å². The lowest BCUT2D eigenvalue weighted by molar-refractivity contribution is 0.0950. The van der Waals surface area contributed by atoms with Gasteiger partial charge in [-0.15, -0.1) is 0 Å². The van der Waals surface area contributed by atoms with E-state index in [0.717, 1.165) is 13.0 Å². The third-order valence-electron chi connectivity index (χ3n) is 4.71. The maximum Gasteiger partial charge on any atom is 0.251 e. The van der Waals surface area contributed by atoms with Crippen LogP contribution in [-0.2, 0) is 10.0 Å². The van der Waals surface area contributed by atoms with Crippen LogP contribution in [0.25, 0.3) is 0 Å². The first-order valence-electron chi connectivity index (χ1n) is 9.35. The van der Waals surface area contributed by atoms with Gasteiger partial charge in [0.15, 0.2) is 0 Å². The molecule has 1 heterocycles. The molecule has 2 rings (SSSR count). The molecule has 26 heavy (non-hydrogen) atoms. The van der Waals surface area contributed by atoms with Crippen molar-refractivity contribution in [1.29, 1.82) is 0 Å². The molecule has 1 aromatic rings. The van der Waals surface area contributed by atoms with E-state index in [-0.39, 0.29) is 16.8 Å². The molecule has 2 unspecified atom stereocenters. The second kappa shape index (κ2) is 8.97. The first-order chi connectivity index (χ1) is 12.2. The number of piperidine rings is 1. The van der Waals surface area contributed by atoms with Gasteiger partial charge in [0.25, 0.3) is 5.91 Å². The predicted octanol–water partition coefficient (Wildman–Crippen LogP) is 2.08. The highest BCUT2D eigenvalue weighted by molar-refractivity contribution is 7.89. The normalized spacial score (nSPS) is 22.8. The van der Waals surface area contributed by atoms with Crippen LogP contribution in [0, 0.1) is 11.8 Å². The van der Waals surface area contributed by atoms with Crippen molar-refractivity contribution < 1.29 is 13.2 Å². The SMILES string of the molecule is CCN[C@H](C)CNC(=O)c1ccc(S(=O)(=O)N2CC(C)CC(C)C2)cc1. The fraction of sp³-hybridized carbons (Fsp3) is 0.632. The van der Waals surface area contributed by atoms with E-state index in [1.165, 1.54) is 12.1 Å². The Morgan fingerprint density at radius 1 is 1.19 bits per heavy atom. The Kier molecular flexibility index (Phi) is 7.20. The lowest BCUT2D eigenvalue weighted by Gasteiger charge is -2.34. The lowest BCUT2D eigenvalue weighted by atomic mass is 9.94. The van der Waals surface area contributed by atoms with Crippen LogP contribution < -0.4 is 10.6 Å². The van der Waals surface area contributed by atoms with Crippen molar-refractivity contribution in [1.82, 2.24) is 14.9 Å². The summed E-state index contributed by atoms with van der Waals surface area (Å²) in [4.78, 5) is 12.4. The number of carbonyl (C=O) groups is 1. The highest BCUT2D eigenvalue weighted by Gasteiger charge is 2.31. The standard InChI is InChI=1S/C19H31N3O3S/c1-5-20-16(4)11-21-19(23)17-6-8-18(9-7-17)26(24,25)22-12-14(2)10-15(3)13-22/h6-9,14-16,20H,5,10-13H2,1-4H3,(H,21,23)/t14?,15?,16-/m1/s1. The van der Waals surface area contributed by atoms with Gasteiger partial charge < -0.3 is 10.6 Å². The average Bonchev–Trinajstić information content (AvgIpc) is 2.59. The lowest BCUT2D eigenvalue weighted by Crippen LogP contribution is -2.42. The van der Waals surface area contributed by atoms with Gasteiger partial charge in [-0.05, 0) is 56.0 Å². The zero-order valence-corrected chi connectivity index (χ0v) is 17.0. The third-order valence-corrected chi connectivity index (χ3v) is 6.56. The molecule has 1 fully saturated rings. The van der Waals surface area contributed by atoms with Crippen LogP contribution in [0.15, 0.2) is 29.2 Å². The summed E-state index contributed by atoms with van der Waals surface area (Å²) in [5, 5.41) is 6.08. The molecule has 7 heteroatoms. The van der Waals surface area contributed by atoms with Gasteiger partial charge in [-0.3, -0.25) is 4.79 Å². The molecule has 6 nitrogen and oxygen atoms in total. The highest BCUT2D eigenvalue weighted by atomic mass is 32.2. The van der Waals surface area contributed by atoms with Crippen LogP contribution in [0.3, 0.4) is 0 Å². The van der Waals surface area contributed by atoms with Crippen molar-refractivity contribution in [2.75, 3.05) is 26.2 Å². The molecule has 0 bridgehead atoms. The van der Waals surface area contributed by atoms with Gasteiger partial charge >= 0.3 is 0 Å². The second-order valence-electron chi connectivity index (χ2n) is 7.46. The Morgan fingerprint density at radius 2 is 1.77 bits per heavy atom. The largest absolute Gasteiger partial charge is 0.350 e. The van der Waals surface area contributed by atoms with E-state index in [1.54, 1.807) is 16.4 Å². The number of rotatable bonds is 7. The Morgan fingerprint density at radius 3 is 2.31 bits per heavy atom. The summed E-state index contributed by atoms with van der Waals surface area (Å²) >= 11 is 0. The number of likely N-dealkylation sites (N-methyl/N-ethyl adjacent to an activating group) is 1. The van der Waals surface area contributed by atoms with Gasteiger partial charge in [-0.25, -0.2) is 8.42 Å². The first kappa shape index (κ1) is 20.9.